The number of benzene rings is 2. The summed E-state index contributed by atoms with van der Waals surface area (Å²) in [5.74, 6) is -0.184. The molecule has 0 spiro atoms. The number of carboxylic acids is 1. The number of aryl methyl sites for hydroxylation is 1. The summed E-state index contributed by atoms with van der Waals surface area (Å²) in [5, 5.41) is 12.2. The summed E-state index contributed by atoms with van der Waals surface area (Å²) in [6.45, 7) is 1.87. The van der Waals surface area contributed by atoms with Crippen molar-refractivity contribution in [2.45, 2.75) is 6.92 Å². The summed E-state index contributed by atoms with van der Waals surface area (Å²) >= 11 is 0. The number of ether oxygens (including phenoxy) is 1. The first-order valence-electron chi connectivity index (χ1n) is 5.86. The molecule has 2 rings (SSSR count). The van der Waals surface area contributed by atoms with E-state index in [1.54, 1.807) is 25.3 Å². The number of anilines is 2. The summed E-state index contributed by atoms with van der Waals surface area (Å²) in [5.41, 5.74) is 2.85. The molecule has 0 aliphatic heterocycles. The van der Waals surface area contributed by atoms with E-state index in [9.17, 15) is 4.79 Å². The van der Waals surface area contributed by atoms with Crippen LogP contribution in [0, 0.1) is 6.92 Å². The zero-order valence-corrected chi connectivity index (χ0v) is 10.8. The Hall–Kier alpha value is -2.49. The number of carbonyl (C=O) groups is 1. The predicted octanol–water partition coefficient (Wildman–Crippen LogP) is 3.45. The van der Waals surface area contributed by atoms with E-state index in [4.69, 9.17) is 9.84 Å². The number of nitrogens with one attached hydrogen (secondary N) is 1. The van der Waals surface area contributed by atoms with Gasteiger partial charge < -0.3 is 15.2 Å². The van der Waals surface area contributed by atoms with Crippen molar-refractivity contribution in [3.63, 3.8) is 0 Å². The van der Waals surface area contributed by atoms with Gasteiger partial charge >= 0.3 is 5.97 Å². The van der Waals surface area contributed by atoms with Crippen molar-refractivity contribution < 1.29 is 14.6 Å². The van der Waals surface area contributed by atoms with Gasteiger partial charge in [0.15, 0.2) is 0 Å². The van der Waals surface area contributed by atoms with Crippen LogP contribution in [0.5, 0.6) is 5.75 Å². The lowest BCUT2D eigenvalue weighted by Crippen LogP contribution is -2.00. The van der Waals surface area contributed by atoms with E-state index in [1.807, 2.05) is 31.2 Å². The highest BCUT2D eigenvalue weighted by molar-refractivity contribution is 5.88. The van der Waals surface area contributed by atoms with Crippen LogP contribution in [0.1, 0.15) is 15.9 Å². The Labute approximate surface area is 111 Å². The number of aromatic carboxylic acids is 1. The van der Waals surface area contributed by atoms with Crippen LogP contribution >= 0.6 is 0 Å². The van der Waals surface area contributed by atoms with Gasteiger partial charge in [-0.3, -0.25) is 0 Å². The van der Waals surface area contributed by atoms with E-state index in [-0.39, 0.29) is 5.56 Å². The largest absolute Gasteiger partial charge is 0.495 e. The second kappa shape index (κ2) is 5.44. The Morgan fingerprint density at radius 2 is 1.89 bits per heavy atom. The standard InChI is InChI=1S/C15H15NO3/c1-10-9-11(15(17)18)7-8-12(10)16-13-5-3-4-6-14(13)19-2/h3-9,16H,1-2H3,(H,17,18). The van der Waals surface area contributed by atoms with Gasteiger partial charge in [0.25, 0.3) is 0 Å². The Kier molecular flexibility index (Phi) is 3.71. The van der Waals surface area contributed by atoms with Gasteiger partial charge in [0.1, 0.15) is 5.75 Å². The molecule has 0 saturated carbocycles. The first-order chi connectivity index (χ1) is 9.11. The normalized spacial score (nSPS) is 10.0. The Bertz CT molecular complexity index is 608. The maximum atomic E-state index is 10.9. The molecule has 2 N–H and O–H groups in total. The third-order valence-electron chi connectivity index (χ3n) is 2.85. The van der Waals surface area contributed by atoms with Crippen molar-refractivity contribution in [1.29, 1.82) is 0 Å². The van der Waals surface area contributed by atoms with Gasteiger partial charge in [-0.25, -0.2) is 4.79 Å². The lowest BCUT2D eigenvalue weighted by Gasteiger charge is -2.13. The molecule has 98 valence electrons. The van der Waals surface area contributed by atoms with Crippen molar-refractivity contribution in [3.05, 3.63) is 53.6 Å². The zero-order valence-electron chi connectivity index (χ0n) is 10.8. The van der Waals surface area contributed by atoms with Crippen molar-refractivity contribution in [3.8, 4) is 5.75 Å². The second-order valence-electron chi connectivity index (χ2n) is 4.16. The smallest absolute Gasteiger partial charge is 0.335 e. The third kappa shape index (κ3) is 2.85. The molecule has 0 radical (unpaired) electrons. The highest BCUT2D eigenvalue weighted by atomic mass is 16.5. The van der Waals surface area contributed by atoms with Crippen LogP contribution in [0.2, 0.25) is 0 Å². The van der Waals surface area contributed by atoms with Gasteiger partial charge in [-0.05, 0) is 42.8 Å². The Morgan fingerprint density at radius 1 is 1.16 bits per heavy atom. The number of methoxy groups -OCH3 is 1. The maximum Gasteiger partial charge on any atom is 0.335 e. The van der Waals surface area contributed by atoms with Gasteiger partial charge in [-0.2, -0.15) is 0 Å². The van der Waals surface area contributed by atoms with Crippen molar-refractivity contribution >= 4 is 17.3 Å². The number of carboxylic acid groups (broad SMARTS) is 1. The van der Waals surface area contributed by atoms with E-state index in [2.05, 4.69) is 5.32 Å². The molecule has 0 heterocycles. The second-order valence-corrected chi connectivity index (χ2v) is 4.16. The molecule has 0 amide bonds. The summed E-state index contributed by atoms with van der Waals surface area (Å²) < 4.78 is 5.26. The summed E-state index contributed by atoms with van der Waals surface area (Å²) in [6.07, 6.45) is 0. The van der Waals surface area contributed by atoms with Crippen LogP contribution in [0.25, 0.3) is 0 Å². The molecule has 19 heavy (non-hydrogen) atoms. The molecule has 2 aromatic rings. The van der Waals surface area contributed by atoms with Crippen LogP contribution < -0.4 is 10.1 Å². The van der Waals surface area contributed by atoms with Gasteiger partial charge in [0.05, 0.1) is 18.4 Å². The molecule has 0 aromatic heterocycles. The first-order valence-corrected chi connectivity index (χ1v) is 5.86. The molecule has 0 aliphatic carbocycles. The minimum Gasteiger partial charge on any atom is -0.495 e. The van der Waals surface area contributed by atoms with Gasteiger partial charge in [0, 0.05) is 5.69 Å². The zero-order chi connectivity index (χ0) is 13.8. The molecule has 0 saturated heterocycles. The van der Waals surface area contributed by atoms with Crippen molar-refractivity contribution in [2.24, 2.45) is 0 Å². The van der Waals surface area contributed by atoms with Crippen LogP contribution in [0.4, 0.5) is 11.4 Å². The van der Waals surface area contributed by atoms with Gasteiger partial charge in [-0.15, -0.1) is 0 Å². The first kappa shape index (κ1) is 13.0. The lowest BCUT2D eigenvalue weighted by molar-refractivity contribution is 0.0697. The van der Waals surface area contributed by atoms with E-state index in [0.717, 1.165) is 22.7 Å². The summed E-state index contributed by atoms with van der Waals surface area (Å²) in [7, 11) is 1.61. The number of hydrogen-bond donors (Lipinski definition) is 2. The van der Waals surface area contributed by atoms with Crippen LogP contribution in [0.3, 0.4) is 0 Å². The van der Waals surface area contributed by atoms with E-state index >= 15 is 0 Å². The van der Waals surface area contributed by atoms with Crippen molar-refractivity contribution in [1.82, 2.24) is 0 Å². The van der Waals surface area contributed by atoms with Crippen molar-refractivity contribution in [2.75, 3.05) is 12.4 Å². The van der Waals surface area contributed by atoms with Crippen LogP contribution in [-0.2, 0) is 0 Å². The molecular formula is C15H15NO3. The number of hydrogen-bond acceptors (Lipinski definition) is 3. The SMILES string of the molecule is COc1ccccc1Nc1ccc(C(=O)O)cc1C. The molecule has 0 bridgehead atoms. The Morgan fingerprint density at radius 3 is 2.53 bits per heavy atom. The number of para-hydroxylation sites is 2. The fourth-order valence-electron chi connectivity index (χ4n) is 1.83. The number of rotatable bonds is 4. The molecule has 2 aromatic carbocycles. The molecule has 0 unspecified atom stereocenters. The van der Waals surface area contributed by atoms with Crippen LogP contribution in [-0.4, -0.2) is 18.2 Å². The topological polar surface area (TPSA) is 58.6 Å². The third-order valence-corrected chi connectivity index (χ3v) is 2.85. The average molecular weight is 257 g/mol. The quantitative estimate of drug-likeness (QED) is 0.880. The van der Waals surface area contributed by atoms with Gasteiger partial charge in [0.2, 0.25) is 0 Å². The van der Waals surface area contributed by atoms with Crippen LogP contribution in [0.15, 0.2) is 42.5 Å². The van der Waals surface area contributed by atoms with E-state index in [0.29, 0.717) is 0 Å². The molecule has 0 aliphatic rings. The Balaban J connectivity index is 2.31. The monoisotopic (exact) mass is 257 g/mol. The molecular weight excluding hydrogens is 242 g/mol. The summed E-state index contributed by atoms with van der Waals surface area (Å²) in [6, 6.07) is 12.5. The van der Waals surface area contributed by atoms with E-state index in [1.165, 1.54) is 0 Å². The van der Waals surface area contributed by atoms with Gasteiger partial charge in [-0.1, -0.05) is 12.1 Å². The highest BCUT2D eigenvalue weighted by Gasteiger charge is 2.07. The van der Waals surface area contributed by atoms with E-state index < -0.39 is 5.97 Å². The summed E-state index contributed by atoms with van der Waals surface area (Å²) in [4.78, 5) is 10.9. The predicted molar refractivity (Wildman–Crippen MR) is 74.4 cm³/mol. The fourth-order valence-corrected chi connectivity index (χ4v) is 1.83. The minimum atomic E-state index is -0.924. The highest BCUT2D eigenvalue weighted by Crippen LogP contribution is 2.28. The fraction of sp³-hybridized carbons (Fsp3) is 0.133. The molecule has 4 nitrogen and oxygen atoms in total. The maximum absolute atomic E-state index is 10.9. The minimum absolute atomic E-state index is 0.281. The molecule has 0 fully saturated rings. The molecule has 0 atom stereocenters. The lowest BCUT2D eigenvalue weighted by atomic mass is 10.1. The average Bonchev–Trinajstić information content (AvgIpc) is 2.41. The molecule has 4 heteroatoms.